The van der Waals surface area contributed by atoms with Crippen LogP contribution in [0.1, 0.15) is 102 Å². The third-order valence-corrected chi connectivity index (χ3v) is 13.0. The number of likely N-dealkylation sites (tertiary alicyclic amines) is 1. The van der Waals surface area contributed by atoms with Crippen LogP contribution in [0.25, 0.3) is 0 Å². The minimum absolute atomic E-state index is 0.0127. The van der Waals surface area contributed by atoms with Crippen molar-refractivity contribution in [3.63, 3.8) is 0 Å². The van der Waals surface area contributed by atoms with Gasteiger partial charge in [0.25, 0.3) is 0 Å². The van der Waals surface area contributed by atoms with E-state index in [9.17, 15) is 28.3 Å². The average Bonchev–Trinajstić information content (AvgIpc) is 3.51. The molecule has 2 N–H and O–H groups in total. The fourth-order valence-electron chi connectivity index (χ4n) is 9.95. The highest BCUT2D eigenvalue weighted by Crippen LogP contribution is 2.47. The standard InChI is InChI=1S/C41H53F2N3O6/c1-25-21-28(38(47)48)5-14-36(25)44-39(49)41(29-6-8-30(42)9-7-29)17-18-45(26(2)23-41)40(50)46-24-35(34-13-10-31(43)22-37(34)46)27-3-11-32(12-4-27)52-33-15-19-51-20-16-33/h6-10,13,22,25-28,32-33,35-36H,3-5,11-12,14-21,23-24H2,1-2H3,(H,44,49)(H,47,48)/t25-,26-,27?,28-,32?,35?,36-,41-/m0/s1. The average molecular weight is 722 g/mol. The van der Waals surface area contributed by atoms with Crippen LogP contribution in [0.15, 0.2) is 42.5 Å². The van der Waals surface area contributed by atoms with Gasteiger partial charge in [-0.05, 0) is 125 Å². The number of amides is 3. The number of hydrogen-bond acceptors (Lipinski definition) is 5. The molecule has 52 heavy (non-hydrogen) atoms. The molecule has 4 fully saturated rings. The molecule has 0 aromatic heterocycles. The molecule has 0 bridgehead atoms. The summed E-state index contributed by atoms with van der Waals surface area (Å²) in [6.45, 7) is 6.22. The summed E-state index contributed by atoms with van der Waals surface area (Å²) in [5.41, 5.74) is 1.33. The van der Waals surface area contributed by atoms with E-state index in [-0.39, 0.29) is 53.9 Å². The fourth-order valence-corrected chi connectivity index (χ4v) is 9.95. The number of rotatable bonds is 7. The molecule has 2 aromatic rings. The van der Waals surface area contributed by atoms with Gasteiger partial charge >= 0.3 is 12.0 Å². The second-order valence-corrected chi connectivity index (χ2v) is 16.2. The summed E-state index contributed by atoms with van der Waals surface area (Å²) in [6, 6.07) is 10.2. The zero-order chi connectivity index (χ0) is 36.6. The summed E-state index contributed by atoms with van der Waals surface area (Å²) in [7, 11) is 0. The van der Waals surface area contributed by atoms with E-state index >= 15 is 0 Å². The quantitative estimate of drug-likeness (QED) is 0.314. The molecule has 282 valence electrons. The lowest BCUT2D eigenvalue weighted by atomic mass is 9.69. The van der Waals surface area contributed by atoms with Crippen molar-refractivity contribution in [3.8, 4) is 0 Å². The van der Waals surface area contributed by atoms with Crippen LogP contribution < -0.4 is 10.2 Å². The largest absolute Gasteiger partial charge is 0.481 e. The number of aliphatic carboxylic acids is 1. The number of carboxylic acid groups (broad SMARTS) is 1. The van der Waals surface area contributed by atoms with Gasteiger partial charge in [-0.2, -0.15) is 0 Å². The number of anilines is 1. The number of piperidine rings is 1. The van der Waals surface area contributed by atoms with Crippen molar-refractivity contribution >= 4 is 23.6 Å². The molecule has 5 aliphatic rings. The summed E-state index contributed by atoms with van der Waals surface area (Å²) in [4.78, 5) is 44.1. The maximum atomic E-state index is 14.8. The van der Waals surface area contributed by atoms with Crippen molar-refractivity contribution in [2.24, 2.45) is 17.8 Å². The van der Waals surface area contributed by atoms with E-state index in [2.05, 4.69) is 5.32 Å². The highest BCUT2D eigenvalue weighted by Gasteiger charge is 2.49. The Morgan fingerprint density at radius 3 is 2.27 bits per heavy atom. The van der Waals surface area contributed by atoms with Crippen molar-refractivity contribution < 1.29 is 37.7 Å². The maximum Gasteiger partial charge on any atom is 0.324 e. The number of carbonyl (C=O) groups is 3. The van der Waals surface area contributed by atoms with Crippen LogP contribution in [0, 0.1) is 29.4 Å². The molecule has 9 nitrogen and oxygen atoms in total. The summed E-state index contributed by atoms with van der Waals surface area (Å²) in [5, 5.41) is 12.8. The van der Waals surface area contributed by atoms with Crippen molar-refractivity contribution in [1.29, 1.82) is 0 Å². The molecule has 0 spiro atoms. The van der Waals surface area contributed by atoms with E-state index in [4.69, 9.17) is 9.47 Å². The first-order chi connectivity index (χ1) is 25.0. The zero-order valence-electron chi connectivity index (χ0n) is 30.4. The Bertz CT molecular complexity index is 1610. The van der Waals surface area contributed by atoms with Crippen LogP contribution >= 0.6 is 0 Å². The minimum atomic E-state index is -1.00. The number of nitrogens with one attached hydrogen (secondary N) is 1. The number of hydrogen-bond donors (Lipinski definition) is 2. The first-order valence-electron chi connectivity index (χ1n) is 19.4. The number of carbonyl (C=O) groups excluding carboxylic acids is 2. The maximum absolute atomic E-state index is 14.8. The Labute approximate surface area is 305 Å². The Kier molecular flexibility index (Phi) is 10.9. The van der Waals surface area contributed by atoms with Crippen molar-refractivity contribution in [3.05, 3.63) is 65.2 Å². The Morgan fingerprint density at radius 1 is 0.904 bits per heavy atom. The molecule has 1 unspecified atom stereocenters. The number of halogens is 2. The van der Waals surface area contributed by atoms with E-state index < -0.39 is 23.1 Å². The molecule has 2 saturated carbocycles. The van der Waals surface area contributed by atoms with Gasteiger partial charge in [-0.15, -0.1) is 0 Å². The monoisotopic (exact) mass is 721 g/mol. The molecule has 3 amide bonds. The van der Waals surface area contributed by atoms with Gasteiger partial charge in [-0.25, -0.2) is 13.6 Å². The predicted octanol–water partition coefficient (Wildman–Crippen LogP) is 7.17. The first kappa shape index (κ1) is 36.8. The van der Waals surface area contributed by atoms with Gasteiger partial charge in [-0.1, -0.05) is 25.1 Å². The smallest absolute Gasteiger partial charge is 0.324 e. The molecule has 2 aliphatic carbocycles. The molecule has 2 aromatic carbocycles. The molecule has 7 rings (SSSR count). The summed E-state index contributed by atoms with van der Waals surface area (Å²) in [6.07, 6.45) is 8.54. The van der Waals surface area contributed by atoms with Gasteiger partial charge in [0, 0.05) is 44.3 Å². The van der Waals surface area contributed by atoms with Crippen LogP contribution in [0.3, 0.4) is 0 Å². The Balaban J connectivity index is 1.05. The summed E-state index contributed by atoms with van der Waals surface area (Å²) < 4.78 is 40.8. The van der Waals surface area contributed by atoms with Crippen LogP contribution in [0.4, 0.5) is 19.3 Å². The van der Waals surface area contributed by atoms with E-state index in [1.807, 2.05) is 24.8 Å². The second kappa shape index (κ2) is 15.4. The van der Waals surface area contributed by atoms with E-state index in [0.717, 1.165) is 57.3 Å². The molecule has 3 aliphatic heterocycles. The van der Waals surface area contributed by atoms with Gasteiger partial charge in [0.15, 0.2) is 0 Å². The fraction of sp³-hybridized carbons (Fsp3) is 0.634. The first-order valence-corrected chi connectivity index (χ1v) is 19.4. The number of urea groups is 1. The van der Waals surface area contributed by atoms with Crippen molar-refractivity contribution in [1.82, 2.24) is 10.2 Å². The third-order valence-electron chi connectivity index (χ3n) is 13.0. The summed E-state index contributed by atoms with van der Waals surface area (Å²) in [5.74, 6) is -1.72. The Hall–Kier alpha value is -3.57. The topological polar surface area (TPSA) is 108 Å². The number of benzene rings is 2. The number of carboxylic acids is 1. The molecule has 6 atom stereocenters. The lowest BCUT2D eigenvalue weighted by Gasteiger charge is -2.47. The number of nitrogens with zero attached hydrogens (tertiary/aromatic N) is 2. The number of ether oxygens (including phenoxy) is 2. The van der Waals surface area contributed by atoms with Crippen molar-refractivity contribution in [2.45, 2.75) is 120 Å². The number of fused-ring (bicyclic) bond motifs is 1. The highest BCUT2D eigenvalue weighted by atomic mass is 19.1. The second-order valence-electron chi connectivity index (χ2n) is 16.2. The van der Waals surface area contributed by atoms with Gasteiger partial charge in [-0.3, -0.25) is 14.5 Å². The molecule has 2 saturated heterocycles. The Morgan fingerprint density at radius 2 is 1.60 bits per heavy atom. The van der Waals surface area contributed by atoms with Crippen LogP contribution in [-0.2, 0) is 24.5 Å². The summed E-state index contributed by atoms with van der Waals surface area (Å²) >= 11 is 0. The van der Waals surface area contributed by atoms with Gasteiger partial charge < -0.3 is 24.8 Å². The van der Waals surface area contributed by atoms with Crippen LogP contribution in [0.2, 0.25) is 0 Å². The zero-order valence-corrected chi connectivity index (χ0v) is 30.4. The van der Waals surface area contributed by atoms with Gasteiger partial charge in [0.2, 0.25) is 5.91 Å². The molecular formula is C41H53F2N3O6. The molecule has 11 heteroatoms. The lowest BCUT2D eigenvalue weighted by Crippen LogP contribution is -2.59. The predicted molar refractivity (Wildman–Crippen MR) is 192 cm³/mol. The molecule has 3 heterocycles. The van der Waals surface area contributed by atoms with E-state index in [0.29, 0.717) is 62.4 Å². The van der Waals surface area contributed by atoms with Gasteiger partial charge in [0.05, 0.1) is 29.2 Å². The minimum Gasteiger partial charge on any atom is -0.481 e. The van der Waals surface area contributed by atoms with Crippen LogP contribution in [-0.4, -0.2) is 78.5 Å². The molecule has 0 radical (unpaired) electrons. The lowest BCUT2D eigenvalue weighted by molar-refractivity contribution is -0.143. The van der Waals surface area contributed by atoms with Gasteiger partial charge in [0.1, 0.15) is 11.6 Å². The highest BCUT2D eigenvalue weighted by molar-refractivity contribution is 5.96. The van der Waals surface area contributed by atoms with E-state index in [1.54, 1.807) is 17.0 Å². The van der Waals surface area contributed by atoms with Crippen molar-refractivity contribution in [2.75, 3.05) is 31.2 Å². The van der Waals surface area contributed by atoms with Crippen LogP contribution in [0.5, 0.6) is 0 Å². The molecular weight excluding hydrogens is 668 g/mol. The third kappa shape index (κ3) is 7.45. The van der Waals surface area contributed by atoms with E-state index in [1.165, 1.54) is 24.3 Å². The SMILES string of the molecule is C[C@H]1C[C@@H](C(=O)O)CC[C@@H]1NC(=O)[C@@]1(c2ccc(F)cc2)CCN(C(=O)N2CC(C3CCC(OC4CCOCC4)CC3)c3ccc(F)cc32)[C@@H](C)C1. The normalized spacial score (nSPS) is 32.7.